The molecule has 0 aliphatic carbocycles. The zero-order valence-corrected chi connectivity index (χ0v) is 20.9. The molecule has 3 N–H and O–H groups in total. The second-order valence-electron chi connectivity index (χ2n) is 8.47. The Balaban J connectivity index is 1.29. The number of aromatic nitrogens is 1. The van der Waals surface area contributed by atoms with Crippen LogP contribution in [-0.2, 0) is 0 Å². The summed E-state index contributed by atoms with van der Waals surface area (Å²) < 4.78 is 0.814. The van der Waals surface area contributed by atoms with Crippen molar-refractivity contribution in [1.82, 2.24) is 20.1 Å². The lowest BCUT2D eigenvalue weighted by Gasteiger charge is -2.32. The van der Waals surface area contributed by atoms with E-state index in [1.54, 1.807) is 24.3 Å². The van der Waals surface area contributed by atoms with Crippen molar-refractivity contribution in [3.8, 4) is 0 Å². The number of fused-ring (bicyclic) bond motifs is 1. The van der Waals surface area contributed by atoms with Crippen molar-refractivity contribution in [3.05, 3.63) is 52.5 Å². The number of carbonyl (C=O) groups is 2. The molecule has 0 radical (unpaired) electrons. The van der Waals surface area contributed by atoms with Gasteiger partial charge in [0.05, 0.1) is 20.9 Å². The van der Waals surface area contributed by atoms with Gasteiger partial charge in [-0.05, 0) is 56.8 Å². The number of hydrogen-bond donors (Lipinski definition) is 3. The molecule has 0 saturated carbocycles. The highest BCUT2D eigenvalue weighted by Gasteiger charge is 2.15. The molecule has 0 spiro atoms. The predicted octanol–water partition coefficient (Wildman–Crippen LogP) is 4.27. The molecule has 0 bridgehead atoms. The third kappa shape index (κ3) is 6.24. The van der Waals surface area contributed by atoms with E-state index in [2.05, 4.69) is 37.8 Å². The second-order valence-corrected chi connectivity index (χ2v) is 9.90. The predicted molar refractivity (Wildman–Crippen MR) is 139 cm³/mol. The minimum atomic E-state index is -0.274. The molecule has 2 aromatic carbocycles. The van der Waals surface area contributed by atoms with Crippen LogP contribution < -0.4 is 16.0 Å². The molecule has 1 aromatic heterocycles. The van der Waals surface area contributed by atoms with Crippen LogP contribution in [0, 0.1) is 6.92 Å². The maximum atomic E-state index is 12.8. The summed E-state index contributed by atoms with van der Waals surface area (Å²) in [5, 5.41) is 9.56. The molecule has 1 aliphatic heterocycles. The number of nitrogens with zero attached hydrogens (tertiary/aromatic N) is 3. The van der Waals surface area contributed by atoms with Gasteiger partial charge in [-0.1, -0.05) is 35.1 Å². The van der Waals surface area contributed by atoms with Crippen molar-refractivity contribution in [2.24, 2.45) is 0 Å². The molecular formula is C24H29ClN6O2S. The average molecular weight is 501 g/mol. The highest BCUT2D eigenvalue weighted by molar-refractivity contribution is 7.22. The van der Waals surface area contributed by atoms with Gasteiger partial charge in [0.25, 0.3) is 5.91 Å². The molecule has 4 rings (SSSR count). The summed E-state index contributed by atoms with van der Waals surface area (Å²) in [6.07, 6.45) is 0.903. The van der Waals surface area contributed by atoms with E-state index in [-0.39, 0.29) is 11.9 Å². The lowest BCUT2D eigenvalue weighted by molar-refractivity contribution is 0.102. The van der Waals surface area contributed by atoms with Crippen LogP contribution in [0.15, 0.2) is 36.4 Å². The summed E-state index contributed by atoms with van der Waals surface area (Å²) in [6, 6.07) is 10.5. The molecule has 180 valence electrons. The number of aryl methyl sites for hydroxylation is 1. The molecule has 8 nitrogen and oxygen atoms in total. The Labute approximate surface area is 208 Å². The quantitative estimate of drug-likeness (QED) is 0.421. The molecular weight excluding hydrogens is 472 g/mol. The summed E-state index contributed by atoms with van der Waals surface area (Å²) in [5.74, 6) is -0.251. The number of piperazine rings is 1. The minimum absolute atomic E-state index is 0.251. The molecule has 2 heterocycles. The third-order valence-electron chi connectivity index (χ3n) is 5.86. The maximum Gasteiger partial charge on any atom is 0.321 e. The molecule has 0 unspecified atom stereocenters. The largest absolute Gasteiger partial charge is 0.338 e. The van der Waals surface area contributed by atoms with Crippen LogP contribution in [0.4, 0.5) is 15.6 Å². The van der Waals surface area contributed by atoms with Crippen LogP contribution in [0.1, 0.15) is 22.3 Å². The van der Waals surface area contributed by atoms with Gasteiger partial charge in [-0.3, -0.25) is 10.1 Å². The number of benzene rings is 2. The molecule has 34 heavy (non-hydrogen) atoms. The van der Waals surface area contributed by atoms with Crippen molar-refractivity contribution in [3.63, 3.8) is 0 Å². The fraction of sp³-hybridized carbons (Fsp3) is 0.375. The van der Waals surface area contributed by atoms with E-state index < -0.39 is 0 Å². The Bertz CT molecular complexity index is 1160. The monoisotopic (exact) mass is 500 g/mol. The Hall–Kier alpha value is -2.72. The maximum absolute atomic E-state index is 12.8. The first-order chi connectivity index (χ1) is 16.4. The number of para-hydroxylation sites is 1. The Morgan fingerprint density at radius 1 is 1.12 bits per heavy atom. The molecule has 0 atom stereocenters. The summed E-state index contributed by atoms with van der Waals surface area (Å²) in [7, 11) is 2.14. The smallest absolute Gasteiger partial charge is 0.321 e. The van der Waals surface area contributed by atoms with Crippen molar-refractivity contribution in [1.29, 1.82) is 0 Å². The number of urea groups is 1. The third-order valence-corrected chi connectivity index (χ3v) is 7.11. The van der Waals surface area contributed by atoms with Gasteiger partial charge in [0.15, 0.2) is 5.13 Å². The molecule has 1 fully saturated rings. The number of halogens is 1. The summed E-state index contributed by atoms with van der Waals surface area (Å²) in [4.78, 5) is 34.2. The SMILES string of the molecule is Cc1cccc(Cl)c1NC(=O)c1ccc2nc(NC(=O)NCCCN3CCN(C)CC3)sc2c1. The fourth-order valence-electron chi connectivity index (χ4n) is 3.81. The summed E-state index contributed by atoms with van der Waals surface area (Å²) in [6.45, 7) is 7.81. The van der Waals surface area contributed by atoms with Crippen LogP contribution in [0.25, 0.3) is 10.2 Å². The number of likely N-dealkylation sites (N-methyl/N-ethyl adjacent to an activating group) is 1. The van der Waals surface area contributed by atoms with Crippen molar-refractivity contribution in [2.45, 2.75) is 13.3 Å². The normalized spacial score (nSPS) is 14.8. The number of nitrogens with one attached hydrogen (secondary N) is 3. The number of carbonyl (C=O) groups excluding carboxylic acids is 2. The van der Waals surface area contributed by atoms with Gasteiger partial charge in [-0.15, -0.1) is 0 Å². The number of hydrogen-bond acceptors (Lipinski definition) is 6. The van der Waals surface area contributed by atoms with E-state index in [1.807, 2.05) is 19.1 Å². The van der Waals surface area contributed by atoms with E-state index >= 15 is 0 Å². The fourth-order valence-corrected chi connectivity index (χ4v) is 4.98. The van der Waals surface area contributed by atoms with Crippen molar-refractivity contribution in [2.75, 3.05) is 56.9 Å². The van der Waals surface area contributed by atoms with Gasteiger partial charge in [0.2, 0.25) is 0 Å². The average Bonchev–Trinajstić information content (AvgIpc) is 3.21. The van der Waals surface area contributed by atoms with Crippen molar-refractivity contribution < 1.29 is 9.59 Å². The first-order valence-electron chi connectivity index (χ1n) is 11.3. The first kappa shape index (κ1) is 24.4. The van der Waals surface area contributed by atoms with Gasteiger partial charge in [-0.2, -0.15) is 0 Å². The Kier molecular flexibility index (Phi) is 7.99. The van der Waals surface area contributed by atoms with Gasteiger partial charge in [-0.25, -0.2) is 9.78 Å². The van der Waals surface area contributed by atoms with E-state index in [9.17, 15) is 9.59 Å². The molecule has 3 aromatic rings. The number of anilines is 2. The zero-order chi connectivity index (χ0) is 24.1. The Morgan fingerprint density at radius 3 is 2.68 bits per heavy atom. The lowest BCUT2D eigenvalue weighted by Crippen LogP contribution is -2.45. The number of rotatable bonds is 7. The highest BCUT2D eigenvalue weighted by atomic mass is 35.5. The van der Waals surface area contributed by atoms with Gasteiger partial charge in [0, 0.05) is 38.3 Å². The van der Waals surface area contributed by atoms with Crippen LogP contribution in [0.2, 0.25) is 5.02 Å². The number of thiazole rings is 1. The number of amides is 3. The van der Waals surface area contributed by atoms with Gasteiger partial charge < -0.3 is 20.4 Å². The summed E-state index contributed by atoms with van der Waals surface area (Å²) in [5.41, 5.74) is 2.71. The van der Waals surface area contributed by atoms with E-state index in [0.29, 0.717) is 27.9 Å². The molecule has 1 aliphatic rings. The van der Waals surface area contributed by atoms with E-state index in [0.717, 1.165) is 54.9 Å². The van der Waals surface area contributed by atoms with Gasteiger partial charge in [0.1, 0.15) is 0 Å². The molecule has 10 heteroatoms. The van der Waals surface area contributed by atoms with Crippen LogP contribution in [0.3, 0.4) is 0 Å². The lowest BCUT2D eigenvalue weighted by atomic mass is 10.1. The topological polar surface area (TPSA) is 89.6 Å². The standard InChI is InChI=1S/C24H29ClN6O2S/c1-16-5-3-6-18(25)21(16)28-22(32)17-7-8-19-20(15-17)34-24(27-19)29-23(33)26-9-4-10-31-13-11-30(2)12-14-31/h3,5-8,15H,4,9-14H2,1-2H3,(H,28,32)(H2,26,27,29,33). The first-order valence-corrected chi connectivity index (χ1v) is 12.5. The summed E-state index contributed by atoms with van der Waals surface area (Å²) >= 11 is 7.56. The zero-order valence-electron chi connectivity index (χ0n) is 19.4. The Morgan fingerprint density at radius 2 is 1.91 bits per heavy atom. The van der Waals surface area contributed by atoms with E-state index in [1.165, 1.54) is 11.3 Å². The van der Waals surface area contributed by atoms with Crippen LogP contribution in [0.5, 0.6) is 0 Å². The van der Waals surface area contributed by atoms with Gasteiger partial charge >= 0.3 is 6.03 Å². The minimum Gasteiger partial charge on any atom is -0.338 e. The highest BCUT2D eigenvalue weighted by Crippen LogP contribution is 2.29. The molecule has 3 amide bonds. The van der Waals surface area contributed by atoms with E-state index in [4.69, 9.17) is 11.6 Å². The molecule has 1 saturated heterocycles. The van der Waals surface area contributed by atoms with Crippen LogP contribution in [-0.4, -0.2) is 73.0 Å². The van der Waals surface area contributed by atoms with Crippen LogP contribution >= 0.6 is 22.9 Å². The second kappa shape index (κ2) is 11.1. The van der Waals surface area contributed by atoms with Crippen molar-refractivity contribution >= 4 is 55.9 Å².